The van der Waals surface area contributed by atoms with E-state index in [0.717, 1.165) is 0 Å². The van der Waals surface area contributed by atoms with Gasteiger partial charge in [-0.2, -0.15) is 0 Å². The zero-order valence-corrected chi connectivity index (χ0v) is 13.4. The first kappa shape index (κ1) is 15.4. The number of nitrogens with zero attached hydrogens (tertiary/aromatic N) is 2. The van der Waals surface area contributed by atoms with E-state index in [1.165, 1.54) is 6.07 Å². The van der Waals surface area contributed by atoms with Crippen LogP contribution >= 0.6 is 0 Å². The Morgan fingerprint density at radius 1 is 1.08 bits per heavy atom. The predicted molar refractivity (Wildman–Crippen MR) is 91.4 cm³/mol. The molecule has 0 aliphatic carbocycles. The molecule has 1 aliphatic heterocycles. The first-order valence-corrected chi connectivity index (χ1v) is 8.03. The van der Waals surface area contributed by atoms with E-state index in [4.69, 9.17) is 4.42 Å². The normalized spacial score (nSPS) is 14.9. The van der Waals surface area contributed by atoms with Crippen molar-refractivity contribution in [2.75, 3.05) is 31.1 Å². The number of carbonyl (C=O) groups is 1. The number of fused-ring (bicyclic) bond motifs is 1. The predicted octanol–water partition coefficient (Wildman–Crippen LogP) is 2.22. The van der Waals surface area contributed by atoms with E-state index >= 15 is 0 Å². The van der Waals surface area contributed by atoms with Crippen LogP contribution in [0.25, 0.3) is 11.1 Å². The molecule has 1 saturated heterocycles. The number of aromatic amines is 1. The number of benzene rings is 2. The number of para-hydroxylation sites is 1. The van der Waals surface area contributed by atoms with Crippen LogP contribution in [-0.4, -0.2) is 42.0 Å². The van der Waals surface area contributed by atoms with Crippen molar-refractivity contribution in [2.45, 2.75) is 0 Å². The van der Waals surface area contributed by atoms with Gasteiger partial charge in [0.15, 0.2) is 5.58 Å². The van der Waals surface area contributed by atoms with E-state index in [1.54, 1.807) is 41.3 Å². The van der Waals surface area contributed by atoms with Crippen LogP contribution in [0.2, 0.25) is 0 Å². The van der Waals surface area contributed by atoms with Gasteiger partial charge < -0.3 is 14.2 Å². The fourth-order valence-corrected chi connectivity index (χ4v) is 3.12. The van der Waals surface area contributed by atoms with Crippen molar-refractivity contribution in [2.24, 2.45) is 0 Å². The molecule has 2 heterocycles. The van der Waals surface area contributed by atoms with E-state index in [-0.39, 0.29) is 11.7 Å². The summed E-state index contributed by atoms with van der Waals surface area (Å²) in [6, 6.07) is 11.5. The number of piperazine rings is 1. The smallest absolute Gasteiger partial charge is 0.408 e. The number of hydrogen-bond acceptors (Lipinski definition) is 4. The van der Waals surface area contributed by atoms with Crippen molar-refractivity contribution in [3.8, 4) is 0 Å². The van der Waals surface area contributed by atoms with Gasteiger partial charge in [0.05, 0.1) is 11.2 Å². The second-order valence-corrected chi connectivity index (χ2v) is 5.96. The van der Waals surface area contributed by atoms with Gasteiger partial charge in [0.2, 0.25) is 0 Å². The van der Waals surface area contributed by atoms with Gasteiger partial charge in [-0.05, 0) is 30.3 Å². The molecule has 0 bridgehead atoms. The standard InChI is InChI=1S/C18H16FN3O3/c19-13-3-1-2-4-15(13)21-7-9-22(10-8-21)17(23)12-5-6-14-16(11-12)25-18(24)20-14/h1-6,11H,7-10H2,(H,20,24). The van der Waals surface area contributed by atoms with Crippen LogP contribution in [0, 0.1) is 5.82 Å². The average Bonchev–Trinajstić information content (AvgIpc) is 3.01. The van der Waals surface area contributed by atoms with Crippen molar-refractivity contribution >= 4 is 22.7 Å². The Morgan fingerprint density at radius 3 is 2.60 bits per heavy atom. The minimum absolute atomic E-state index is 0.126. The molecule has 7 heteroatoms. The molecule has 1 aromatic heterocycles. The molecule has 1 amide bonds. The third-order valence-corrected chi connectivity index (χ3v) is 4.43. The summed E-state index contributed by atoms with van der Waals surface area (Å²) < 4.78 is 18.9. The number of anilines is 1. The highest BCUT2D eigenvalue weighted by atomic mass is 19.1. The van der Waals surface area contributed by atoms with Gasteiger partial charge in [0.25, 0.3) is 5.91 Å². The number of rotatable bonds is 2. The topological polar surface area (TPSA) is 69.5 Å². The summed E-state index contributed by atoms with van der Waals surface area (Å²) in [5.74, 6) is -0.924. The van der Waals surface area contributed by atoms with Crippen LogP contribution in [0.15, 0.2) is 51.7 Å². The Morgan fingerprint density at radius 2 is 1.84 bits per heavy atom. The summed E-state index contributed by atoms with van der Waals surface area (Å²) in [5.41, 5.74) is 1.95. The monoisotopic (exact) mass is 341 g/mol. The number of nitrogens with one attached hydrogen (secondary N) is 1. The third kappa shape index (κ3) is 2.88. The van der Waals surface area contributed by atoms with Crippen LogP contribution in [0.1, 0.15) is 10.4 Å². The summed E-state index contributed by atoms with van der Waals surface area (Å²) in [7, 11) is 0. The lowest BCUT2D eigenvalue weighted by molar-refractivity contribution is 0.0746. The largest absolute Gasteiger partial charge is 0.417 e. The van der Waals surface area contributed by atoms with Crippen LogP contribution in [0.3, 0.4) is 0 Å². The molecule has 0 radical (unpaired) electrons. The van der Waals surface area contributed by atoms with E-state index in [0.29, 0.717) is 48.5 Å². The van der Waals surface area contributed by atoms with Crippen molar-refractivity contribution in [3.63, 3.8) is 0 Å². The molecule has 0 saturated carbocycles. The molecule has 4 rings (SSSR count). The quantitative estimate of drug-likeness (QED) is 0.776. The van der Waals surface area contributed by atoms with E-state index in [1.807, 2.05) is 4.90 Å². The molecular weight excluding hydrogens is 325 g/mol. The zero-order valence-electron chi connectivity index (χ0n) is 13.4. The van der Waals surface area contributed by atoms with Crippen LogP contribution < -0.4 is 10.7 Å². The fraction of sp³-hybridized carbons (Fsp3) is 0.222. The van der Waals surface area contributed by atoms with Crippen molar-refractivity contribution in [3.05, 3.63) is 64.4 Å². The van der Waals surface area contributed by atoms with Crippen LogP contribution in [-0.2, 0) is 0 Å². The Kier molecular flexibility index (Phi) is 3.76. The van der Waals surface area contributed by atoms with Gasteiger partial charge in [0.1, 0.15) is 5.82 Å². The highest BCUT2D eigenvalue weighted by Crippen LogP contribution is 2.21. The number of amides is 1. The molecule has 2 aromatic carbocycles. The van der Waals surface area contributed by atoms with E-state index < -0.39 is 5.76 Å². The molecule has 1 N–H and O–H groups in total. The molecule has 1 aliphatic rings. The van der Waals surface area contributed by atoms with Crippen LogP contribution in [0.4, 0.5) is 10.1 Å². The summed E-state index contributed by atoms with van der Waals surface area (Å²) in [6.45, 7) is 2.13. The lowest BCUT2D eigenvalue weighted by Crippen LogP contribution is -2.49. The summed E-state index contributed by atoms with van der Waals surface area (Å²) in [5, 5.41) is 0. The average molecular weight is 341 g/mol. The maximum Gasteiger partial charge on any atom is 0.417 e. The number of carbonyl (C=O) groups excluding carboxylic acids is 1. The second kappa shape index (κ2) is 6.08. The van der Waals surface area contributed by atoms with Crippen molar-refractivity contribution in [1.82, 2.24) is 9.88 Å². The highest BCUT2D eigenvalue weighted by molar-refractivity contribution is 5.97. The van der Waals surface area contributed by atoms with Gasteiger partial charge in [-0.15, -0.1) is 0 Å². The number of aromatic nitrogens is 1. The van der Waals surface area contributed by atoms with Gasteiger partial charge in [-0.3, -0.25) is 9.78 Å². The Balaban J connectivity index is 1.48. The molecule has 0 spiro atoms. The highest BCUT2D eigenvalue weighted by Gasteiger charge is 2.24. The van der Waals surface area contributed by atoms with Crippen molar-refractivity contribution in [1.29, 1.82) is 0 Å². The molecule has 6 nitrogen and oxygen atoms in total. The third-order valence-electron chi connectivity index (χ3n) is 4.43. The summed E-state index contributed by atoms with van der Waals surface area (Å²) >= 11 is 0. The van der Waals surface area contributed by atoms with Gasteiger partial charge in [0, 0.05) is 31.7 Å². The molecule has 0 unspecified atom stereocenters. The number of oxazole rings is 1. The molecular formula is C18H16FN3O3. The lowest BCUT2D eigenvalue weighted by Gasteiger charge is -2.36. The molecule has 0 atom stereocenters. The number of halogens is 1. The molecule has 25 heavy (non-hydrogen) atoms. The molecule has 1 fully saturated rings. The van der Waals surface area contributed by atoms with E-state index in [2.05, 4.69) is 4.98 Å². The maximum atomic E-state index is 13.9. The molecule has 128 valence electrons. The van der Waals surface area contributed by atoms with Gasteiger partial charge in [-0.1, -0.05) is 12.1 Å². The van der Waals surface area contributed by atoms with Gasteiger partial charge >= 0.3 is 5.76 Å². The van der Waals surface area contributed by atoms with Gasteiger partial charge in [-0.25, -0.2) is 9.18 Å². The maximum absolute atomic E-state index is 13.9. The minimum atomic E-state index is -0.543. The SMILES string of the molecule is O=C(c1ccc2[nH]c(=O)oc2c1)N1CCN(c2ccccc2F)CC1. The first-order chi connectivity index (χ1) is 12.1. The lowest BCUT2D eigenvalue weighted by atomic mass is 10.1. The van der Waals surface area contributed by atoms with Crippen molar-refractivity contribution < 1.29 is 13.6 Å². The number of hydrogen-bond donors (Lipinski definition) is 1. The molecule has 3 aromatic rings. The number of H-pyrrole nitrogens is 1. The minimum Gasteiger partial charge on any atom is -0.408 e. The summed E-state index contributed by atoms with van der Waals surface area (Å²) in [6.07, 6.45) is 0. The van der Waals surface area contributed by atoms with Crippen LogP contribution in [0.5, 0.6) is 0 Å². The van der Waals surface area contributed by atoms with E-state index in [9.17, 15) is 14.0 Å². The Hall–Kier alpha value is -3.09. The Bertz CT molecular complexity index is 986. The first-order valence-electron chi connectivity index (χ1n) is 8.03. The second-order valence-electron chi connectivity index (χ2n) is 5.96. The zero-order chi connectivity index (χ0) is 17.4. The summed E-state index contributed by atoms with van der Waals surface area (Å²) in [4.78, 5) is 30.1. The fourth-order valence-electron chi connectivity index (χ4n) is 3.12. The Labute approximate surface area is 142 Å².